The number of aromatic nitrogens is 2. The van der Waals surface area contributed by atoms with E-state index < -0.39 is 4.92 Å². The summed E-state index contributed by atoms with van der Waals surface area (Å²) in [7, 11) is 0. The zero-order valence-electron chi connectivity index (χ0n) is 14.9. The predicted molar refractivity (Wildman–Crippen MR) is 117 cm³/mol. The smallest absolute Gasteiger partial charge is 0.312 e. The van der Waals surface area contributed by atoms with Crippen molar-refractivity contribution < 1.29 is 9.66 Å². The molecule has 3 aromatic rings. The number of rotatable bonds is 5. The minimum absolute atomic E-state index is 0.0238. The molecule has 0 spiro atoms. The van der Waals surface area contributed by atoms with E-state index in [9.17, 15) is 14.9 Å². The van der Waals surface area contributed by atoms with E-state index in [2.05, 4.69) is 47.9 Å². The standard InChI is InChI=1S/C19H12Br2N4O4/c1-3-6-29-18-15(21)7-12(8-17(18)25(27)28)10-22-24-11(2)23-16-5-4-13(20)9-14(16)19(24)26/h1,4-5,7-10H,6H2,2H3. The van der Waals surface area contributed by atoms with Crippen LogP contribution in [0.2, 0.25) is 0 Å². The van der Waals surface area contributed by atoms with Gasteiger partial charge in [0.05, 0.1) is 26.5 Å². The molecule has 146 valence electrons. The van der Waals surface area contributed by atoms with Gasteiger partial charge in [0, 0.05) is 16.1 Å². The summed E-state index contributed by atoms with van der Waals surface area (Å²) in [5.74, 6) is 2.66. The van der Waals surface area contributed by atoms with Gasteiger partial charge >= 0.3 is 5.69 Å². The van der Waals surface area contributed by atoms with Crippen LogP contribution in [0.4, 0.5) is 5.69 Å². The first-order valence-corrected chi connectivity index (χ1v) is 9.68. The van der Waals surface area contributed by atoms with E-state index in [0.717, 1.165) is 9.15 Å². The third kappa shape index (κ3) is 4.36. The number of fused-ring (bicyclic) bond motifs is 1. The van der Waals surface area contributed by atoms with Gasteiger partial charge in [-0.15, -0.1) is 6.42 Å². The lowest BCUT2D eigenvalue weighted by molar-refractivity contribution is -0.385. The van der Waals surface area contributed by atoms with Crippen LogP contribution in [0.1, 0.15) is 11.4 Å². The van der Waals surface area contributed by atoms with Crippen molar-refractivity contribution in [1.82, 2.24) is 9.66 Å². The highest BCUT2D eigenvalue weighted by Crippen LogP contribution is 2.36. The number of ether oxygens (including phenoxy) is 1. The Hall–Kier alpha value is -3.03. The summed E-state index contributed by atoms with van der Waals surface area (Å²) in [5.41, 5.74) is 0.307. The fraction of sp³-hybridized carbons (Fsp3) is 0.105. The molecule has 0 bridgehead atoms. The summed E-state index contributed by atoms with van der Waals surface area (Å²) in [4.78, 5) is 27.9. The molecule has 0 aliphatic heterocycles. The van der Waals surface area contributed by atoms with E-state index in [1.54, 1.807) is 31.2 Å². The van der Waals surface area contributed by atoms with Gasteiger partial charge in [0.25, 0.3) is 5.56 Å². The maximum atomic E-state index is 12.8. The fourth-order valence-corrected chi connectivity index (χ4v) is 3.53. The van der Waals surface area contributed by atoms with Gasteiger partial charge in [-0.3, -0.25) is 14.9 Å². The summed E-state index contributed by atoms with van der Waals surface area (Å²) < 4.78 is 7.47. The normalized spacial score (nSPS) is 11.0. The fourth-order valence-electron chi connectivity index (χ4n) is 2.59. The molecule has 0 aliphatic rings. The van der Waals surface area contributed by atoms with Crippen molar-refractivity contribution in [1.29, 1.82) is 0 Å². The molecular formula is C19H12Br2N4O4. The molecule has 0 saturated heterocycles. The maximum Gasteiger partial charge on any atom is 0.312 e. The van der Waals surface area contributed by atoms with Crippen LogP contribution in [0.15, 0.2) is 49.2 Å². The number of aryl methyl sites for hydroxylation is 1. The lowest BCUT2D eigenvalue weighted by Crippen LogP contribution is -2.20. The Balaban J connectivity index is 2.07. The number of hydrogen-bond acceptors (Lipinski definition) is 6. The molecule has 0 N–H and O–H groups in total. The van der Waals surface area contributed by atoms with Gasteiger partial charge in [0.15, 0.2) is 0 Å². The molecule has 1 heterocycles. The second-order valence-electron chi connectivity index (χ2n) is 5.78. The first-order chi connectivity index (χ1) is 13.8. The van der Waals surface area contributed by atoms with Crippen molar-refractivity contribution in [3.05, 3.63) is 71.1 Å². The number of nitro benzene ring substituents is 1. The highest BCUT2D eigenvalue weighted by Gasteiger charge is 2.20. The molecule has 0 amide bonds. The van der Waals surface area contributed by atoms with Crippen LogP contribution in [-0.4, -0.2) is 27.4 Å². The Morgan fingerprint density at radius 2 is 2.14 bits per heavy atom. The average molecular weight is 520 g/mol. The van der Waals surface area contributed by atoms with Crippen molar-refractivity contribution in [2.45, 2.75) is 6.92 Å². The molecule has 3 rings (SSSR count). The van der Waals surface area contributed by atoms with Crippen LogP contribution in [0.5, 0.6) is 5.75 Å². The van der Waals surface area contributed by atoms with Crippen LogP contribution in [-0.2, 0) is 0 Å². The number of halogens is 2. The zero-order valence-corrected chi connectivity index (χ0v) is 18.1. The molecule has 0 radical (unpaired) electrons. The number of nitro groups is 1. The van der Waals surface area contributed by atoms with Crippen molar-refractivity contribution in [3.63, 3.8) is 0 Å². The Kier molecular flexibility index (Phi) is 6.10. The van der Waals surface area contributed by atoms with E-state index in [-0.39, 0.29) is 23.6 Å². The minimum atomic E-state index is -0.583. The highest BCUT2D eigenvalue weighted by molar-refractivity contribution is 9.10. The lowest BCUT2D eigenvalue weighted by Gasteiger charge is -2.08. The van der Waals surface area contributed by atoms with E-state index in [0.29, 0.717) is 26.8 Å². The predicted octanol–water partition coefficient (Wildman–Crippen LogP) is 4.03. The first-order valence-electron chi connectivity index (χ1n) is 8.09. The summed E-state index contributed by atoms with van der Waals surface area (Å²) in [6.07, 6.45) is 6.49. The zero-order chi connectivity index (χ0) is 21.1. The van der Waals surface area contributed by atoms with Crippen molar-refractivity contribution in [2.75, 3.05) is 6.61 Å². The second kappa shape index (κ2) is 8.55. The van der Waals surface area contributed by atoms with Gasteiger partial charge in [0.2, 0.25) is 5.75 Å². The van der Waals surface area contributed by atoms with Crippen molar-refractivity contribution in [2.24, 2.45) is 5.10 Å². The van der Waals surface area contributed by atoms with Crippen LogP contribution >= 0.6 is 31.9 Å². The Morgan fingerprint density at radius 1 is 1.38 bits per heavy atom. The lowest BCUT2D eigenvalue weighted by atomic mass is 10.2. The minimum Gasteiger partial charge on any atom is -0.473 e. The highest BCUT2D eigenvalue weighted by atomic mass is 79.9. The third-order valence-electron chi connectivity index (χ3n) is 3.84. The largest absolute Gasteiger partial charge is 0.473 e. The summed E-state index contributed by atoms with van der Waals surface area (Å²) in [5, 5.41) is 16.0. The van der Waals surface area contributed by atoms with Crippen LogP contribution < -0.4 is 10.3 Å². The SMILES string of the molecule is C#CCOc1c(Br)cc(C=Nn2c(C)nc3ccc(Br)cc3c2=O)cc1[N+](=O)[O-]. The van der Waals surface area contributed by atoms with Gasteiger partial charge in [-0.05, 0) is 47.1 Å². The third-order valence-corrected chi connectivity index (χ3v) is 4.92. The second-order valence-corrected chi connectivity index (χ2v) is 7.55. The Bertz CT molecular complexity index is 1260. The molecule has 1 aromatic heterocycles. The van der Waals surface area contributed by atoms with Crippen LogP contribution in [0.25, 0.3) is 10.9 Å². The molecule has 0 atom stereocenters. The van der Waals surface area contributed by atoms with Crippen molar-refractivity contribution in [3.8, 4) is 18.1 Å². The van der Waals surface area contributed by atoms with E-state index in [4.69, 9.17) is 11.2 Å². The molecule has 8 nitrogen and oxygen atoms in total. The Morgan fingerprint density at radius 3 is 2.83 bits per heavy atom. The van der Waals surface area contributed by atoms with Crippen molar-refractivity contribution >= 4 is 54.7 Å². The molecule has 0 fully saturated rings. The quantitative estimate of drug-likeness (QED) is 0.219. The summed E-state index contributed by atoms with van der Waals surface area (Å²) in [6, 6.07) is 8.05. The van der Waals surface area contributed by atoms with E-state index in [1.165, 1.54) is 12.3 Å². The number of terminal acetylenes is 1. The molecule has 2 aromatic carbocycles. The van der Waals surface area contributed by atoms with E-state index >= 15 is 0 Å². The molecule has 0 unspecified atom stereocenters. The monoisotopic (exact) mass is 518 g/mol. The summed E-state index contributed by atoms with van der Waals surface area (Å²) >= 11 is 6.58. The van der Waals surface area contributed by atoms with Gasteiger partial charge < -0.3 is 4.74 Å². The first kappa shape index (κ1) is 20.7. The summed E-state index contributed by atoms with van der Waals surface area (Å²) in [6.45, 7) is 1.54. The molecule has 29 heavy (non-hydrogen) atoms. The van der Waals surface area contributed by atoms with Crippen LogP contribution in [0.3, 0.4) is 0 Å². The number of hydrogen-bond donors (Lipinski definition) is 0. The molecule has 0 aliphatic carbocycles. The maximum absolute atomic E-state index is 12.8. The number of benzene rings is 2. The Labute approximate surface area is 181 Å². The number of nitrogens with zero attached hydrogens (tertiary/aromatic N) is 4. The topological polar surface area (TPSA) is 99.6 Å². The van der Waals surface area contributed by atoms with Gasteiger partial charge in [-0.2, -0.15) is 9.78 Å². The van der Waals surface area contributed by atoms with Crippen LogP contribution in [0, 0.1) is 29.4 Å². The average Bonchev–Trinajstić information content (AvgIpc) is 2.67. The van der Waals surface area contributed by atoms with E-state index in [1.807, 2.05) is 0 Å². The van der Waals surface area contributed by atoms with Gasteiger partial charge in [-0.1, -0.05) is 21.9 Å². The molecule has 0 saturated carbocycles. The van der Waals surface area contributed by atoms with Gasteiger partial charge in [-0.25, -0.2) is 4.98 Å². The molecular weight excluding hydrogens is 508 g/mol. The van der Waals surface area contributed by atoms with Gasteiger partial charge in [0.1, 0.15) is 12.4 Å². The molecule has 10 heteroatoms.